The summed E-state index contributed by atoms with van der Waals surface area (Å²) in [5.74, 6) is -2.17. The molecule has 4 amide bonds. The van der Waals surface area contributed by atoms with Gasteiger partial charge in [-0.25, -0.2) is 0 Å². The molecule has 2 unspecified atom stereocenters. The molecule has 1 saturated heterocycles. The Bertz CT molecular complexity index is 763. The van der Waals surface area contributed by atoms with Crippen molar-refractivity contribution in [3.05, 3.63) is 29.3 Å². The lowest BCUT2D eigenvalue weighted by Crippen LogP contribution is -2.54. The highest BCUT2D eigenvalue weighted by molar-refractivity contribution is 6.23. The van der Waals surface area contributed by atoms with Crippen LogP contribution in [0.5, 0.6) is 0 Å². The quantitative estimate of drug-likeness (QED) is 0.492. The van der Waals surface area contributed by atoms with E-state index in [1.165, 1.54) is 12.1 Å². The van der Waals surface area contributed by atoms with Crippen LogP contribution in [0.15, 0.2) is 18.2 Å². The van der Waals surface area contributed by atoms with Gasteiger partial charge in [-0.15, -0.1) is 0 Å². The molecule has 3 rings (SSSR count). The van der Waals surface area contributed by atoms with Gasteiger partial charge in [-0.05, 0) is 24.6 Å². The highest BCUT2D eigenvalue weighted by atomic mass is 16.3. The van der Waals surface area contributed by atoms with E-state index in [4.69, 9.17) is 10.8 Å². The van der Waals surface area contributed by atoms with E-state index >= 15 is 0 Å². The van der Waals surface area contributed by atoms with Crippen molar-refractivity contribution >= 4 is 29.3 Å². The first-order chi connectivity index (χ1) is 11.9. The minimum Gasteiger partial charge on any atom is -0.395 e. The van der Waals surface area contributed by atoms with Crippen molar-refractivity contribution in [3.8, 4) is 0 Å². The fourth-order valence-corrected chi connectivity index (χ4v) is 2.89. The van der Waals surface area contributed by atoms with Gasteiger partial charge in [-0.1, -0.05) is 0 Å². The Labute approximate surface area is 143 Å². The van der Waals surface area contributed by atoms with Crippen molar-refractivity contribution in [3.63, 3.8) is 0 Å². The number of imide groups is 2. The molecule has 0 saturated carbocycles. The number of hydrogen-bond donors (Lipinski definition) is 4. The molecule has 0 bridgehead atoms. The number of amides is 4. The van der Waals surface area contributed by atoms with Crippen LogP contribution >= 0.6 is 0 Å². The molecule has 2 aliphatic heterocycles. The van der Waals surface area contributed by atoms with Crippen LogP contribution < -0.4 is 16.4 Å². The predicted octanol–water partition coefficient (Wildman–Crippen LogP) is -1.18. The molecule has 9 nitrogen and oxygen atoms in total. The number of piperidine rings is 1. The van der Waals surface area contributed by atoms with Crippen molar-refractivity contribution in [2.24, 2.45) is 5.73 Å². The Balaban J connectivity index is 1.82. The van der Waals surface area contributed by atoms with Gasteiger partial charge in [0.15, 0.2) is 0 Å². The molecule has 2 heterocycles. The van der Waals surface area contributed by atoms with E-state index in [2.05, 4.69) is 10.6 Å². The van der Waals surface area contributed by atoms with Gasteiger partial charge in [0, 0.05) is 24.7 Å². The number of anilines is 1. The molecule has 1 fully saturated rings. The minimum atomic E-state index is -0.982. The number of carbonyl (C=O) groups excluding carboxylic acids is 4. The summed E-state index contributed by atoms with van der Waals surface area (Å²) in [5.41, 5.74) is 6.60. The van der Waals surface area contributed by atoms with E-state index in [-0.39, 0.29) is 30.6 Å². The number of hydrogen-bond acceptors (Lipinski definition) is 7. The Morgan fingerprint density at radius 3 is 2.64 bits per heavy atom. The zero-order valence-corrected chi connectivity index (χ0v) is 13.3. The maximum absolute atomic E-state index is 12.6. The van der Waals surface area contributed by atoms with E-state index in [0.717, 1.165) is 4.90 Å². The Morgan fingerprint density at radius 1 is 1.24 bits per heavy atom. The average molecular weight is 346 g/mol. The molecular weight excluding hydrogens is 328 g/mol. The first-order valence-corrected chi connectivity index (χ1v) is 7.88. The van der Waals surface area contributed by atoms with Crippen LogP contribution in [0, 0.1) is 0 Å². The molecule has 132 valence electrons. The average Bonchev–Trinajstić information content (AvgIpc) is 2.84. The Morgan fingerprint density at radius 2 is 1.96 bits per heavy atom. The van der Waals surface area contributed by atoms with Crippen LogP contribution in [-0.4, -0.2) is 58.9 Å². The number of fused-ring (bicyclic) bond motifs is 1. The molecule has 5 N–H and O–H groups in total. The van der Waals surface area contributed by atoms with Crippen LogP contribution in [0.4, 0.5) is 5.69 Å². The lowest BCUT2D eigenvalue weighted by molar-refractivity contribution is -0.136. The van der Waals surface area contributed by atoms with E-state index < -0.39 is 35.7 Å². The van der Waals surface area contributed by atoms with E-state index in [9.17, 15) is 19.2 Å². The first-order valence-electron chi connectivity index (χ1n) is 7.88. The van der Waals surface area contributed by atoms with Gasteiger partial charge >= 0.3 is 0 Å². The van der Waals surface area contributed by atoms with Crippen molar-refractivity contribution in [1.29, 1.82) is 0 Å². The standard InChI is InChI=1S/C16H18N4O5/c17-8(7-21)6-18-9-1-2-10-11(5-9)16(25)20(15(10)24)12-3-4-13(22)19-14(12)23/h1-2,5,8,12,18,21H,3-4,6-7,17H2,(H,19,22,23). The largest absolute Gasteiger partial charge is 0.395 e. The topological polar surface area (TPSA) is 142 Å². The number of aliphatic hydroxyl groups is 1. The number of aliphatic hydroxyl groups excluding tert-OH is 1. The summed E-state index contributed by atoms with van der Waals surface area (Å²) in [6.45, 7) is 0.118. The highest BCUT2D eigenvalue weighted by Gasteiger charge is 2.44. The number of rotatable bonds is 5. The van der Waals surface area contributed by atoms with Gasteiger partial charge in [0.1, 0.15) is 6.04 Å². The molecule has 0 aromatic heterocycles. The Kier molecular flexibility index (Phi) is 4.51. The lowest BCUT2D eigenvalue weighted by atomic mass is 10.0. The second-order valence-corrected chi connectivity index (χ2v) is 6.03. The summed E-state index contributed by atoms with van der Waals surface area (Å²) in [4.78, 5) is 49.3. The third-order valence-electron chi connectivity index (χ3n) is 4.24. The number of carbonyl (C=O) groups is 4. The zero-order chi connectivity index (χ0) is 18.1. The summed E-state index contributed by atoms with van der Waals surface area (Å²) in [7, 11) is 0. The summed E-state index contributed by atoms with van der Waals surface area (Å²) in [6, 6.07) is 3.22. The molecule has 0 aliphatic carbocycles. The summed E-state index contributed by atoms with van der Waals surface area (Å²) in [5, 5.41) is 14.1. The van der Waals surface area contributed by atoms with Gasteiger partial charge in [0.25, 0.3) is 11.8 Å². The zero-order valence-electron chi connectivity index (χ0n) is 13.3. The molecular formula is C16H18N4O5. The van der Waals surface area contributed by atoms with Crippen LogP contribution in [0.25, 0.3) is 0 Å². The Hall–Kier alpha value is -2.78. The van der Waals surface area contributed by atoms with E-state index in [1.54, 1.807) is 6.07 Å². The number of nitrogens with zero attached hydrogens (tertiary/aromatic N) is 1. The first kappa shape index (κ1) is 17.1. The second kappa shape index (κ2) is 6.61. The van der Waals surface area contributed by atoms with Crippen LogP contribution in [0.3, 0.4) is 0 Å². The number of nitrogens with two attached hydrogens (primary N) is 1. The SMILES string of the molecule is NC(CO)CNc1ccc2c(c1)C(=O)N(C1CCC(=O)NC1=O)C2=O. The molecule has 0 radical (unpaired) electrons. The van der Waals surface area contributed by atoms with Crippen molar-refractivity contribution in [1.82, 2.24) is 10.2 Å². The molecule has 2 atom stereocenters. The van der Waals surface area contributed by atoms with Crippen LogP contribution in [0.2, 0.25) is 0 Å². The van der Waals surface area contributed by atoms with Gasteiger partial charge in [0.05, 0.1) is 17.7 Å². The van der Waals surface area contributed by atoms with Gasteiger partial charge in [-0.2, -0.15) is 0 Å². The fourth-order valence-electron chi connectivity index (χ4n) is 2.89. The molecule has 0 spiro atoms. The van der Waals surface area contributed by atoms with Gasteiger partial charge < -0.3 is 16.2 Å². The molecule has 2 aliphatic rings. The molecule has 1 aromatic carbocycles. The maximum Gasteiger partial charge on any atom is 0.262 e. The lowest BCUT2D eigenvalue weighted by Gasteiger charge is -2.27. The van der Waals surface area contributed by atoms with E-state index in [0.29, 0.717) is 12.2 Å². The minimum absolute atomic E-state index is 0.0790. The van der Waals surface area contributed by atoms with Crippen molar-refractivity contribution < 1.29 is 24.3 Å². The van der Waals surface area contributed by atoms with E-state index in [1.807, 2.05) is 0 Å². The normalized spacial score (nSPS) is 21.2. The summed E-state index contributed by atoms with van der Waals surface area (Å²) in [6.07, 6.45) is 0.197. The monoisotopic (exact) mass is 346 g/mol. The van der Waals surface area contributed by atoms with Gasteiger partial charge in [0.2, 0.25) is 11.8 Å². The predicted molar refractivity (Wildman–Crippen MR) is 86.7 cm³/mol. The third-order valence-corrected chi connectivity index (χ3v) is 4.24. The summed E-state index contributed by atoms with van der Waals surface area (Å²) < 4.78 is 0. The molecule has 9 heteroatoms. The molecule has 25 heavy (non-hydrogen) atoms. The molecule has 1 aromatic rings. The van der Waals surface area contributed by atoms with Gasteiger partial charge in [-0.3, -0.25) is 29.4 Å². The fraction of sp³-hybridized carbons (Fsp3) is 0.375. The van der Waals surface area contributed by atoms with Crippen LogP contribution in [0.1, 0.15) is 33.6 Å². The smallest absolute Gasteiger partial charge is 0.262 e. The third kappa shape index (κ3) is 3.11. The van der Waals surface area contributed by atoms with Crippen molar-refractivity contribution in [2.75, 3.05) is 18.5 Å². The maximum atomic E-state index is 12.6. The second-order valence-electron chi connectivity index (χ2n) is 6.03. The number of nitrogens with one attached hydrogen (secondary N) is 2. The highest BCUT2D eigenvalue weighted by Crippen LogP contribution is 2.29. The van der Waals surface area contributed by atoms with Crippen molar-refractivity contribution in [2.45, 2.75) is 24.9 Å². The van der Waals surface area contributed by atoms with Crippen LogP contribution in [-0.2, 0) is 9.59 Å². The number of benzene rings is 1. The summed E-state index contributed by atoms with van der Waals surface area (Å²) >= 11 is 0.